The summed E-state index contributed by atoms with van der Waals surface area (Å²) in [5, 5.41) is 17.1. The maximum Gasteiger partial charge on any atom is 0.257 e. The van der Waals surface area contributed by atoms with Gasteiger partial charge in [0, 0.05) is 6.54 Å². The van der Waals surface area contributed by atoms with Crippen molar-refractivity contribution >= 4 is 40.1 Å². The number of phenolic OH excluding ortho intramolecular Hbond substituents is 1. The number of methoxy groups -OCH3 is 1. The average molecular weight is 481 g/mol. The number of aromatic nitrogens is 3. The van der Waals surface area contributed by atoms with E-state index in [2.05, 4.69) is 20.4 Å². The summed E-state index contributed by atoms with van der Waals surface area (Å²) in [4.78, 5) is 22.6. The van der Waals surface area contributed by atoms with Gasteiger partial charge >= 0.3 is 0 Å². The molecule has 9 heteroatoms. The number of rotatable bonds is 7. The molecule has 0 atom stereocenters. The Balaban J connectivity index is 1.49. The van der Waals surface area contributed by atoms with Crippen molar-refractivity contribution < 1.29 is 14.6 Å². The molecule has 0 saturated carbocycles. The lowest BCUT2D eigenvalue weighted by Crippen LogP contribution is -2.26. The van der Waals surface area contributed by atoms with Gasteiger partial charge in [-0.25, -0.2) is 9.97 Å². The standard InChI is InChI=1S/C27H24N6O3/c1-36-20-11-9-17(10-12-20)13-14-29-27(35)23-24-26(32-22-8-3-2-7-21(22)31-24)33(25(23)28)30-16-18-5-4-6-19(34)15-18/h2-12,15-16,34H,13-14,28H2,1H3,(H,29,35)/b30-16-. The van der Waals surface area contributed by atoms with Crippen molar-refractivity contribution in [1.82, 2.24) is 20.0 Å². The van der Waals surface area contributed by atoms with Gasteiger partial charge in [-0.1, -0.05) is 36.4 Å². The molecular formula is C27H24N6O3. The third-order valence-electron chi connectivity index (χ3n) is 5.75. The second-order valence-electron chi connectivity index (χ2n) is 8.15. The largest absolute Gasteiger partial charge is 0.508 e. The molecule has 0 fully saturated rings. The number of fused-ring (bicyclic) bond motifs is 2. The van der Waals surface area contributed by atoms with E-state index in [1.807, 2.05) is 48.5 Å². The highest BCUT2D eigenvalue weighted by atomic mass is 16.5. The maximum atomic E-state index is 13.3. The van der Waals surface area contributed by atoms with E-state index in [4.69, 9.17) is 10.5 Å². The summed E-state index contributed by atoms with van der Waals surface area (Å²) in [6, 6.07) is 21.7. The molecule has 0 aliphatic carbocycles. The van der Waals surface area contributed by atoms with E-state index in [-0.39, 0.29) is 23.0 Å². The molecule has 1 amide bonds. The molecule has 3 aromatic carbocycles. The number of benzene rings is 3. The van der Waals surface area contributed by atoms with Crippen LogP contribution in [0.4, 0.5) is 5.82 Å². The number of carbonyl (C=O) groups excluding carboxylic acids is 1. The molecule has 2 heterocycles. The maximum absolute atomic E-state index is 13.3. The van der Waals surface area contributed by atoms with Crippen molar-refractivity contribution in [3.8, 4) is 11.5 Å². The monoisotopic (exact) mass is 480 g/mol. The molecule has 2 aromatic heterocycles. The Labute approximate surface area is 206 Å². The minimum atomic E-state index is -0.359. The molecule has 5 aromatic rings. The molecule has 4 N–H and O–H groups in total. The van der Waals surface area contributed by atoms with Crippen LogP contribution < -0.4 is 15.8 Å². The number of nitrogens with zero attached hydrogens (tertiary/aromatic N) is 4. The van der Waals surface area contributed by atoms with Gasteiger partial charge < -0.3 is 20.9 Å². The van der Waals surface area contributed by atoms with Crippen molar-refractivity contribution in [1.29, 1.82) is 0 Å². The molecule has 0 aliphatic rings. The van der Waals surface area contributed by atoms with Gasteiger partial charge in [0.05, 0.1) is 24.4 Å². The summed E-state index contributed by atoms with van der Waals surface area (Å²) in [6.07, 6.45) is 2.18. The molecule has 5 rings (SSSR count). The fourth-order valence-corrected chi connectivity index (χ4v) is 3.92. The van der Waals surface area contributed by atoms with Crippen LogP contribution in [0.15, 0.2) is 77.9 Å². The third-order valence-corrected chi connectivity index (χ3v) is 5.75. The number of phenols is 1. The highest BCUT2D eigenvalue weighted by Crippen LogP contribution is 2.28. The third kappa shape index (κ3) is 4.54. The SMILES string of the molecule is COc1ccc(CCNC(=O)c2c(N)n(/N=C\c3cccc(O)c3)c3nc4ccccc4nc23)cc1. The lowest BCUT2D eigenvalue weighted by atomic mass is 10.1. The molecule has 0 spiro atoms. The van der Waals surface area contributed by atoms with Gasteiger partial charge in [0.25, 0.3) is 5.91 Å². The van der Waals surface area contributed by atoms with E-state index in [9.17, 15) is 9.90 Å². The van der Waals surface area contributed by atoms with Crippen LogP contribution >= 0.6 is 0 Å². The second-order valence-corrected chi connectivity index (χ2v) is 8.15. The van der Waals surface area contributed by atoms with Crippen LogP contribution in [0.5, 0.6) is 11.5 Å². The van der Waals surface area contributed by atoms with Crippen LogP contribution in [0.25, 0.3) is 22.2 Å². The van der Waals surface area contributed by atoms with Crippen molar-refractivity contribution in [2.45, 2.75) is 6.42 Å². The number of ether oxygens (including phenoxy) is 1. The van der Waals surface area contributed by atoms with E-state index < -0.39 is 0 Å². The first kappa shape index (κ1) is 22.9. The molecule has 0 bridgehead atoms. The van der Waals surface area contributed by atoms with E-state index in [0.717, 1.165) is 11.3 Å². The number of anilines is 1. The molecule has 180 valence electrons. The highest BCUT2D eigenvalue weighted by molar-refractivity contribution is 6.10. The molecule has 0 radical (unpaired) electrons. The van der Waals surface area contributed by atoms with Crippen LogP contribution in [0.1, 0.15) is 21.5 Å². The Bertz CT molecular complexity index is 1590. The number of nitrogens with one attached hydrogen (secondary N) is 1. The predicted molar refractivity (Wildman–Crippen MR) is 140 cm³/mol. The van der Waals surface area contributed by atoms with Crippen LogP contribution in [-0.4, -0.2) is 45.5 Å². The van der Waals surface area contributed by atoms with Crippen LogP contribution in [0.3, 0.4) is 0 Å². The number of para-hydroxylation sites is 2. The molecule has 36 heavy (non-hydrogen) atoms. The summed E-state index contributed by atoms with van der Waals surface area (Å²) in [7, 11) is 1.62. The van der Waals surface area contributed by atoms with E-state index in [1.165, 1.54) is 10.9 Å². The zero-order valence-electron chi connectivity index (χ0n) is 19.5. The first-order valence-corrected chi connectivity index (χ1v) is 11.3. The first-order valence-electron chi connectivity index (χ1n) is 11.3. The average Bonchev–Trinajstić information content (AvgIpc) is 3.16. The quantitative estimate of drug-likeness (QED) is 0.305. The van der Waals surface area contributed by atoms with Crippen LogP contribution in [0.2, 0.25) is 0 Å². The zero-order valence-corrected chi connectivity index (χ0v) is 19.5. The van der Waals surface area contributed by atoms with Gasteiger partial charge in [-0.05, 0) is 53.9 Å². The van der Waals surface area contributed by atoms with Crippen LogP contribution in [0, 0.1) is 0 Å². The number of nitrogens with two attached hydrogens (primary N) is 1. The van der Waals surface area contributed by atoms with Crippen molar-refractivity contribution in [3.05, 3.63) is 89.5 Å². The molecule has 0 saturated heterocycles. The Morgan fingerprint density at radius 2 is 1.83 bits per heavy atom. The predicted octanol–water partition coefficient (Wildman–Crippen LogP) is 3.74. The Hall–Kier alpha value is -4.92. The van der Waals surface area contributed by atoms with Gasteiger partial charge in [-0.2, -0.15) is 9.78 Å². The lowest BCUT2D eigenvalue weighted by Gasteiger charge is -2.06. The van der Waals surface area contributed by atoms with E-state index in [1.54, 1.807) is 31.4 Å². The first-order chi connectivity index (χ1) is 17.5. The van der Waals surface area contributed by atoms with Gasteiger partial charge in [-0.15, -0.1) is 0 Å². The van der Waals surface area contributed by atoms with Crippen molar-refractivity contribution in [2.24, 2.45) is 5.10 Å². The van der Waals surface area contributed by atoms with Gasteiger partial charge in [0.15, 0.2) is 5.65 Å². The fourth-order valence-electron chi connectivity index (χ4n) is 3.92. The number of hydrogen-bond acceptors (Lipinski definition) is 7. The van der Waals surface area contributed by atoms with E-state index >= 15 is 0 Å². The number of aromatic hydroxyl groups is 1. The number of carbonyl (C=O) groups is 1. The summed E-state index contributed by atoms with van der Waals surface area (Å²) >= 11 is 0. The van der Waals surface area contributed by atoms with Crippen molar-refractivity contribution in [2.75, 3.05) is 19.4 Å². The lowest BCUT2D eigenvalue weighted by molar-refractivity contribution is 0.0956. The van der Waals surface area contributed by atoms with E-state index in [0.29, 0.717) is 40.7 Å². The topological polar surface area (TPSA) is 128 Å². The second kappa shape index (κ2) is 9.75. The Morgan fingerprint density at radius 1 is 1.08 bits per heavy atom. The number of hydrogen-bond donors (Lipinski definition) is 3. The number of nitrogen functional groups attached to an aromatic ring is 1. The normalized spacial score (nSPS) is 11.4. The summed E-state index contributed by atoms with van der Waals surface area (Å²) < 4.78 is 6.59. The molecule has 9 nitrogen and oxygen atoms in total. The Kier molecular flexibility index (Phi) is 6.19. The minimum absolute atomic E-state index is 0.118. The zero-order chi connectivity index (χ0) is 25.1. The summed E-state index contributed by atoms with van der Waals surface area (Å²) in [5.74, 6) is 0.660. The Morgan fingerprint density at radius 3 is 2.56 bits per heavy atom. The highest BCUT2D eigenvalue weighted by Gasteiger charge is 2.24. The molecular weight excluding hydrogens is 456 g/mol. The molecule has 0 aliphatic heterocycles. The van der Waals surface area contributed by atoms with Gasteiger partial charge in [0.2, 0.25) is 0 Å². The van der Waals surface area contributed by atoms with Crippen LogP contribution in [-0.2, 0) is 6.42 Å². The van der Waals surface area contributed by atoms with Crippen molar-refractivity contribution in [3.63, 3.8) is 0 Å². The van der Waals surface area contributed by atoms with Gasteiger partial charge in [-0.3, -0.25) is 4.79 Å². The summed E-state index contributed by atoms with van der Waals surface area (Å²) in [5.41, 5.74) is 10.4. The fraction of sp³-hybridized carbons (Fsp3) is 0.111. The minimum Gasteiger partial charge on any atom is -0.508 e. The smallest absolute Gasteiger partial charge is 0.257 e. The molecule has 0 unspecified atom stereocenters. The van der Waals surface area contributed by atoms with Gasteiger partial charge in [0.1, 0.15) is 28.4 Å². The summed E-state index contributed by atoms with van der Waals surface area (Å²) in [6.45, 7) is 0.408. The number of amides is 1.